The number of benzene rings is 2. The molecule has 1 aliphatic carbocycles. The lowest BCUT2D eigenvalue weighted by Gasteiger charge is -2.29. The fourth-order valence-corrected chi connectivity index (χ4v) is 4.99. The zero-order valence-corrected chi connectivity index (χ0v) is 18.3. The van der Waals surface area contributed by atoms with E-state index >= 15 is 0 Å². The van der Waals surface area contributed by atoms with Crippen LogP contribution in [0, 0.1) is 17.8 Å². The molecule has 2 aromatic carbocycles. The van der Waals surface area contributed by atoms with Gasteiger partial charge < -0.3 is 10.1 Å². The van der Waals surface area contributed by atoms with Gasteiger partial charge in [-0.2, -0.15) is 0 Å². The second-order valence-corrected chi connectivity index (χ2v) is 9.13. The van der Waals surface area contributed by atoms with E-state index in [-0.39, 0.29) is 10.9 Å². The van der Waals surface area contributed by atoms with Crippen molar-refractivity contribution in [2.24, 2.45) is 5.92 Å². The second-order valence-electron chi connectivity index (χ2n) is 7.41. The number of sulfonamides is 1. The Labute approximate surface area is 179 Å². The van der Waals surface area contributed by atoms with E-state index in [0.717, 1.165) is 42.6 Å². The van der Waals surface area contributed by atoms with E-state index < -0.39 is 10.0 Å². The van der Waals surface area contributed by atoms with Crippen LogP contribution in [0.5, 0.6) is 0 Å². The summed E-state index contributed by atoms with van der Waals surface area (Å²) in [5.41, 5.74) is 2.34. The van der Waals surface area contributed by atoms with Gasteiger partial charge in [0.15, 0.2) is 0 Å². The molecule has 0 unspecified atom stereocenters. The maximum Gasteiger partial charge on any atom is 0.240 e. The number of ether oxygens (including phenoxy) is 1. The zero-order valence-electron chi connectivity index (χ0n) is 17.4. The van der Waals surface area contributed by atoms with Crippen molar-refractivity contribution in [2.75, 3.05) is 19.5 Å². The number of anilines is 1. The Hall–Kier alpha value is -2.75. The highest BCUT2D eigenvalue weighted by atomic mass is 32.2. The SMILES string of the molecule is C=C(OC)[C@H]1CC[C@H](NS(=O)(=O)c2ccc(C#Cc3ccccc3)c(NC)c2)CC1. The van der Waals surface area contributed by atoms with Crippen LogP contribution in [-0.2, 0) is 14.8 Å². The summed E-state index contributed by atoms with van der Waals surface area (Å²) >= 11 is 0. The molecule has 1 fully saturated rings. The number of hydrogen-bond acceptors (Lipinski definition) is 4. The van der Waals surface area contributed by atoms with Gasteiger partial charge in [-0.15, -0.1) is 0 Å². The molecule has 1 aliphatic rings. The first-order valence-corrected chi connectivity index (χ1v) is 11.5. The van der Waals surface area contributed by atoms with Crippen LogP contribution < -0.4 is 10.0 Å². The molecule has 158 valence electrons. The quantitative estimate of drug-likeness (QED) is 0.541. The number of hydrogen-bond donors (Lipinski definition) is 2. The molecule has 0 aliphatic heterocycles. The Kier molecular flexibility index (Phi) is 7.20. The lowest BCUT2D eigenvalue weighted by Crippen LogP contribution is -2.37. The van der Waals surface area contributed by atoms with Gasteiger partial charge in [0.1, 0.15) is 0 Å². The van der Waals surface area contributed by atoms with Crippen LogP contribution in [0.25, 0.3) is 0 Å². The number of rotatable bonds is 6. The van der Waals surface area contributed by atoms with Crippen molar-refractivity contribution in [1.29, 1.82) is 0 Å². The van der Waals surface area contributed by atoms with E-state index in [4.69, 9.17) is 4.74 Å². The highest BCUT2D eigenvalue weighted by Crippen LogP contribution is 2.30. The van der Waals surface area contributed by atoms with Crippen LogP contribution in [0.4, 0.5) is 5.69 Å². The lowest BCUT2D eigenvalue weighted by molar-refractivity contribution is 0.206. The Bertz CT molecular complexity index is 1040. The molecule has 6 heteroatoms. The summed E-state index contributed by atoms with van der Waals surface area (Å²) in [4.78, 5) is 0.237. The molecular weight excluding hydrogens is 396 g/mol. The van der Waals surface area contributed by atoms with Crippen LogP contribution in [0.1, 0.15) is 36.8 Å². The highest BCUT2D eigenvalue weighted by molar-refractivity contribution is 7.89. The van der Waals surface area contributed by atoms with E-state index in [9.17, 15) is 8.42 Å². The minimum Gasteiger partial charge on any atom is -0.501 e. The van der Waals surface area contributed by atoms with Crippen LogP contribution in [0.3, 0.4) is 0 Å². The third-order valence-electron chi connectivity index (χ3n) is 5.45. The molecule has 2 aromatic rings. The van der Waals surface area contributed by atoms with Crippen molar-refractivity contribution in [3.8, 4) is 11.8 Å². The molecule has 0 amide bonds. The molecule has 3 rings (SSSR count). The van der Waals surface area contributed by atoms with E-state index in [1.807, 2.05) is 30.3 Å². The fraction of sp³-hybridized carbons (Fsp3) is 0.333. The van der Waals surface area contributed by atoms with Gasteiger partial charge in [0, 0.05) is 30.1 Å². The predicted molar refractivity (Wildman–Crippen MR) is 121 cm³/mol. The molecule has 30 heavy (non-hydrogen) atoms. The van der Waals surface area contributed by atoms with Crippen molar-refractivity contribution in [1.82, 2.24) is 4.72 Å². The Morgan fingerprint density at radius 2 is 1.77 bits per heavy atom. The van der Waals surface area contributed by atoms with Crippen molar-refractivity contribution in [3.05, 3.63) is 72.0 Å². The zero-order chi connectivity index (χ0) is 21.6. The number of nitrogens with one attached hydrogen (secondary N) is 2. The van der Waals surface area contributed by atoms with Gasteiger partial charge in [-0.25, -0.2) is 13.1 Å². The van der Waals surface area contributed by atoms with Crippen LogP contribution >= 0.6 is 0 Å². The van der Waals surface area contributed by atoms with Crippen LogP contribution in [0.2, 0.25) is 0 Å². The van der Waals surface area contributed by atoms with E-state index in [0.29, 0.717) is 11.6 Å². The third-order valence-corrected chi connectivity index (χ3v) is 6.97. The molecule has 0 bridgehead atoms. The van der Waals surface area contributed by atoms with Gasteiger partial charge in [0.2, 0.25) is 10.0 Å². The smallest absolute Gasteiger partial charge is 0.240 e. The Balaban J connectivity index is 1.72. The predicted octanol–water partition coefficient (Wildman–Crippen LogP) is 4.13. The van der Waals surface area contributed by atoms with E-state index in [2.05, 4.69) is 28.5 Å². The van der Waals surface area contributed by atoms with Gasteiger partial charge in [-0.3, -0.25) is 0 Å². The Morgan fingerprint density at radius 3 is 2.40 bits per heavy atom. The average molecular weight is 425 g/mol. The summed E-state index contributed by atoms with van der Waals surface area (Å²) in [6.07, 6.45) is 3.28. The maximum absolute atomic E-state index is 12.9. The average Bonchev–Trinajstić information content (AvgIpc) is 2.78. The first-order valence-electron chi connectivity index (χ1n) is 10.1. The number of allylic oxidation sites excluding steroid dienone is 1. The largest absolute Gasteiger partial charge is 0.501 e. The molecular formula is C24H28N2O3S. The molecule has 0 aromatic heterocycles. The highest BCUT2D eigenvalue weighted by Gasteiger charge is 2.27. The molecule has 0 radical (unpaired) electrons. The molecule has 0 spiro atoms. The molecule has 1 saturated carbocycles. The maximum atomic E-state index is 12.9. The standard InChI is InChI=1S/C24H28N2O3S/c1-18(29-3)20-11-14-22(15-12-20)26-30(27,28)23-16-13-21(24(17-23)25-2)10-9-19-7-5-4-6-8-19/h4-8,13,16-17,20,22,25-26H,1,11-12,14-15H2,2-3H3/t20-,22-. The first-order chi connectivity index (χ1) is 14.4. The van der Waals surface area contributed by atoms with Crippen molar-refractivity contribution >= 4 is 15.7 Å². The first kappa shape index (κ1) is 21.9. The fourth-order valence-electron chi connectivity index (χ4n) is 3.65. The minimum absolute atomic E-state index is 0.0773. The normalized spacial score (nSPS) is 18.7. The van der Waals surface area contributed by atoms with Crippen LogP contribution in [0.15, 0.2) is 65.8 Å². The van der Waals surface area contributed by atoms with Gasteiger partial charge in [0.25, 0.3) is 0 Å². The summed E-state index contributed by atoms with van der Waals surface area (Å²) in [6, 6.07) is 14.6. The lowest BCUT2D eigenvalue weighted by atomic mass is 9.85. The summed E-state index contributed by atoms with van der Waals surface area (Å²) in [5, 5.41) is 3.05. The Morgan fingerprint density at radius 1 is 1.07 bits per heavy atom. The van der Waals surface area contributed by atoms with Crippen molar-refractivity contribution < 1.29 is 13.2 Å². The topological polar surface area (TPSA) is 67.4 Å². The van der Waals surface area contributed by atoms with E-state index in [1.165, 1.54) is 0 Å². The molecule has 5 nitrogen and oxygen atoms in total. The van der Waals surface area contributed by atoms with Crippen LogP contribution in [-0.4, -0.2) is 28.6 Å². The van der Waals surface area contributed by atoms with Gasteiger partial charge >= 0.3 is 0 Å². The molecule has 0 saturated heterocycles. The third kappa shape index (κ3) is 5.44. The summed E-state index contributed by atoms with van der Waals surface area (Å²) in [5.74, 6) is 7.30. The van der Waals surface area contributed by atoms with E-state index in [1.54, 1.807) is 32.4 Å². The van der Waals surface area contributed by atoms with Gasteiger partial charge in [-0.05, 0) is 56.0 Å². The second kappa shape index (κ2) is 9.84. The van der Waals surface area contributed by atoms with Gasteiger partial charge in [-0.1, -0.05) is 36.6 Å². The van der Waals surface area contributed by atoms with Crippen molar-refractivity contribution in [2.45, 2.75) is 36.6 Å². The summed E-state index contributed by atoms with van der Waals surface area (Å²) < 4.78 is 33.9. The molecule has 0 atom stereocenters. The summed E-state index contributed by atoms with van der Waals surface area (Å²) in [7, 11) is -0.221. The molecule has 0 heterocycles. The minimum atomic E-state index is -3.61. The van der Waals surface area contributed by atoms with Gasteiger partial charge in [0.05, 0.1) is 23.5 Å². The van der Waals surface area contributed by atoms with Crippen molar-refractivity contribution in [3.63, 3.8) is 0 Å². The molecule has 2 N–H and O–H groups in total. The number of methoxy groups -OCH3 is 1. The monoisotopic (exact) mass is 424 g/mol. The summed E-state index contributed by atoms with van der Waals surface area (Å²) in [6.45, 7) is 3.93.